The Bertz CT molecular complexity index is 458. The number of aryl methyl sites for hydroxylation is 1. The Morgan fingerprint density at radius 2 is 2.43 bits per heavy atom. The van der Waals surface area contributed by atoms with E-state index in [-0.39, 0.29) is 17.7 Å². The number of likely N-dealkylation sites (tertiary alicyclic amines) is 1. The quantitative estimate of drug-likeness (QED) is 0.721. The number of methoxy groups -OCH3 is 1. The van der Waals surface area contributed by atoms with Crippen LogP contribution in [0.2, 0.25) is 0 Å². The molecule has 1 aliphatic rings. The minimum Gasteiger partial charge on any atom is -0.469 e. The fourth-order valence-corrected chi connectivity index (χ4v) is 2.44. The van der Waals surface area contributed by atoms with Gasteiger partial charge in [0.05, 0.1) is 18.8 Å². The summed E-state index contributed by atoms with van der Waals surface area (Å²) in [6.07, 6.45) is 3.57. The number of hydrogen-bond acceptors (Lipinski definition) is 4. The fourth-order valence-electron chi connectivity index (χ4n) is 2.44. The van der Waals surface area contributed by atoms with Crippen molar-refractivity contribution in [2.75, 3.05) is 33.4 Å². The van der Waals surface area contributed by atoms with Gasteiger partial charge in [-0.3, -0.25) is 9.59 Å². The van der Waals surface area contributed by atoms with Crippen molar-refractivity contribution in [1.82, 2.24) is 10.2 Å². The second kappa shape index (κ2) is 7.83. The van der Waals surface area contributed by atoms with Gasteiger partial charge in [-0.1, -0.05) is 0 Å². The molecule has 2 heterocycles. The SMILES string of the molecule is COCCN1C[C@@H](C(=O)NCCCc2ccco2)CC1=O. The molecule has 0 aliphatic carbocycles. The smallest absolute Gasteiger partial charge is 0.225 e. The maximum absolute atomic E-state index is 12.0. The van der Waals surface area contributed by atoms with Gasteiger partial charge in [0, 0.05) is 39.6 Å². The van der Waals surface area contributed by atoms with Crippen molar-refractivity contribution < 1.29 is 18.7 Å². The molecule has 1 aromatic rings. The number of hydrogen-bond donors (Lipinski definition) is 1. The van der Waals surface area contributed by atoms with Crippen LogP contribution in [0.4, 0.5) is 0 Å². The van der Waals surface area contributed by atoms with Gasteiger partial charge in [0.25, 0.3) is 0 Å². The highest BCUT2D eigenvalue weighted by molar-refractivity contribution is 5.89. The van der Waals surface area contributed by atoms with Crippen molar-refractivity contribution in [3.8, 4) is 0 Å². The molecule has 2 amide bonds. The van der Waals surface area contributed by atoms with Crippen LogP contribution in [0.15, 0.2) is 22.8 Å². The predicted molar refractivity (Wildman–Crippen MR) is 76.6 cm³/mol. The van der Waals surface area contributed by atoms with Gasteiger partial charge in [-0.05, 0) is 18.6 Å². The van der Waals surface area contributed by atoms with Crippen molar-refractivity contribution in [3.63, 3.8) is 0 Å². The lowest BCUT2D eigenvalue weighted by Crippen LogP contribution is -2.34. The number of nitrogens with zero attached hydrogens (tertiary/aromatic N) is 1. The molecule has 0 unspecified atom stereocenters. The van der Waals surface area contributed by atoms with E-state index in [1.165, 1.54) is 0 Å². The summed E-state index contributed by atoms with van der Waals surface area (Å²) in [7, 11) is 1.60. The summed E-state index contributed by atoms with van der Waals surface area (Å²) in [4.78, 5) is 25.5. The van der Waals surface area contributed by atoms with Crippen LogP contribution >= 0.6 is 0 Å². The lowest BCUT2D eigenvalue weighted by atomic mass is 10.1. The first-order chi connectivity index (χ1) is 10.2. The standard InChI is InChI=1S/C15H22N2O4/c1-20-9-7-17-11-12(10-14(17)18)15(19)16-6-2-4-13-5-3-8-21-13/h3,5,8,12H,2,4,6-7,9-11H2,1H3,(H,16,19)/t12-/m0/s1. The third-order valence-corrected chi connectivity index (χ3v) is 3.63. The zero-order valence-electron chi connectivity index (χ0n) is 12.3. The van der Waals surface area contributed by atoms with Crippen molar-refractivity contribution >= 4 is 11.8 Å². The number of carbonyl (C=O) groups is 2. The molecule has 0 aromatic carbocycles. The van der Waals surface area contributed by atoms with E-state index in [2.05, 4.69) is 5.32 Å². The maximum atomic E-state index is 12.0. The van der Waals surface area contributed by atoms with Gasteiger partial charge >= 0.3 is 0 Å². The molecule has 116 valence electrons. The van der Waals surface area contributed by atoms with Crippen LogP contribution in [-0.4, -0.2) is 50.1 Å². The number of carbonyl (C=O) groups excluding carboxylic acids is 2. The molecule has 1 atom stereocenters. The zero-order chi connectivity index (χ0) is 15.1. The minimum atomic E-state index is -0.238. The third-order valence-electron chi connectivity index (χ3n) is 3.63. The largest absolute Gasteiger partial charge is 0.469 e. The molecule has 6 nitrogen and oxygen atoms in total. The Labute approximate surface area is 124 Å². The van der Waals surface area contributed by atoms with E-state index < -0.39 is 0 Å². The van der Waals surface area contributed by atoms with Crippen LogP contribution in [0.25, 0.3) is 0 Å². The van der Waals surface area contributed by atoms with Crippen molar-refractivity contribution in [3.05, 3.63) is 24.2 Å². The van der Waals surface area contributed by atoms with Crippen molar-refractivity contribution in [2.45, 2.75) is 19.3 Å². The topological polar surface area (TPSA) is 71.8 Å². The number of nitrogens with one attached hydrogen (secondary N) is 1. The highest BCUT2D eigenvalue weighted by Gasteiger charge is 2.33. The number of amides is 2. The lowest BCUT2D eigenvalue weighted by molar-refractivity contribution is -0.129. The van der Waals surface area contributed by atoms with E-state index in [0.29, 0.717) is 32.7 Å². The number of ether oxygens (including phenoxy) is 1. The van der Waals surface area contributed by atoms with E-state index in [1.807, 2.05) is 12.1 Å². The third kappa shape index (κ3) is 4.60. The normalized spacial score (nSPS) is 18.2. The van der Waals surface area contributed by atoms with E-state index in [9.17, 15) is 9.59 Å². The maximum Gasteiger partial charge on any atom is 0.225 e. The Morgan fingerprint density at radius 1 is 1.57 bits per heavy atom. The second-order valence-electron chi connectivity index (χ2n) is 5.21. The summed E-state index contributed by atoms with van der Waals surface area (Å²) < 4.78 is 10.2. The van der Waals surface area contributed by atoms with Gasteiger partial charge in [0.2, 0.25) is 11.8 Å². The van der Waals surface area contributed by atoms with Gasteiger partial charge in [-0.15, -0.1) is 0 Å². The molecule has 0 spiro atoms. The first kappa shape index (κ1) is 15.6. The zero-order valence-corrected chi connectivity index (χ0v) is 12.3. The second-order valence-corrected chi connectivity index (χ2v) is 5.21. The lowest BCUT2D eigenvalue weighted by Gasteiger charge is -2.15. The molecule has 1 N–H and O–H groups in total. The summed E-state index contributed by atoms with van der Waals surface area (Å²) >= 11 is 0. The average Bonchev–Trinajstić information content (AvgIpc) is 3.11. The molecular weight excluding hydrogens is 272 g/mol. The number of rotatable bonds is 8. The van der Waals surface area contributed by atoms with Gasteiger partial charge in [-0.25, -0.2) is 0 Å². The molecule has 0 bridgehead atoms. The molecular formula is C15H22N2O4. The van der Waals surface area contributed by atoms with Crippen LogP contribution in [0, 0.1) is 5.92 Å². The van der Waals surface area contributed by atoms with Gasteiger partial charge in [0.1, 0.15) is 5.76 Å². The van der Waals surface area contributed by atoms with E-state index >= 15 is 0 Å². The summed E-state index contributed by atoms with van der Waals surface area (Å²) in [6, 6.07) is 3.78. The highest BCUT2D eigenvalue weighted by atomic mass is 16.5. The van der Waals surface area contributed by atoms with Crippen molar-refractivity contribution in [2.24, 2.45) is 5.92 Å². The summed E-state index contributed by atoms with van der Waals surface area (Å²) in [5, 5.41) is 2.89. The summed E-state index contributed by atoms with van der Waals surface area (Å²) in [5.41, 5.74) is 0. The summed E-state index contributed by atoms with van der Waals surface area (Å²) in [6.45, 7) is 2.15. The molecule has 0 radical (unpaired) electrons. The molecule has 0 saturated carbocycles. The summed E-state index contributed by atoms with van der Waals surface area (Å²) in [5.74, 6) is 0.675. The van der Waals surface area contributed by atoms with E-state index in [0.717, 1.165) is 18.6 Å². The first-order valence-corrected chi connectivity index (χ1v) is 7.27. The van der Waals surface area contributed by atoms with Gasteiger partial charge in [-0.2, -0.15) is 0 Å². The van der Waals surface area contributed by atoms with E-state index in [1.54, 1.807) is 18.3 Å². The monoisotopic (exact) mass is 294 g/mol. The van der Waals surface area contributed by atoms with E-state index in [4.69, 9.17) is 9.15 Å². The van der Waals surface area contributed by atoms with Crippen molar-refractivity contribution in [1.29, 1.82) is 0 Å². The molecule has 6 heteroatoms. The van der Waals surface area contributed by atoms with Crippen LogP contribution in [0.5, 0.6) is 0 Å². The number of furan rings is 1. The first-order valence-electron chi connectivity index (χ1n) is 7.27. The predicted octanol–water partition coefficient (Wildman–Crippen LogP) is 0.823. The average molecular weight is 294 g/mol. The van der Waals surface area contributed by atoms with Crippen LogP contribution in [0.3, 0.4) is 0 Å². The Kier molecular flexibility index (Phi) is 5.80. The van der Waals surface area contributed by atoms with Gasteiger partial charge in [0.15, 0.2) is 0 Å². The highest BCUT2D eigenvalue weighted by Crippen LogP contribution is 2.17. The minimum absolute atomic E-state index is 0.0304. The van der Waals surface area contributed by atoms with Crippen LogP contribution < -0.4 is 5.32 Å². The molecule has 1 aliphatic heterocycles. The molecule has 2 rings (SSSR count). The molecule has 21 heavy (non-hydrogen) atoms. The fraction of sp³-hybridized carbons (Fsp3) is 0.600. The molecule has 1 fully saturated rings. The van der Waals surface area contributed by atoms with Gasteiger partial charge < -0.3 is 19.4 Å². The van der Waals surface area contributed by atoms with Crippen LogP contribution in [-0.2, 0) is 20.7 Å². The molecule has 1 aromatic heterocycles. The Hall–Kier alpha value is -1.82. The molecule has 1 saturated heterocycles. The Balaban J connectivity index is 1.65. The Morgan fingerprint density at radius 3 is 3.14 bits per heavy atom. The van der Waals surface area contributed by atoms with Crippen LogP contribution in [0.1, 0.15) is 18.6 Å².